The van der Waals surface area contributed by atoms with Gasteiger partial charge in [-0.25, -0.2) is 4.79 Å². The van der Waals surface area contributed by atoms with Gasteiger partial charge in [0, 0.05) is 12.7 Å². The summed E-state index contributed by atoms with van der Waals surface area (Å²) >= 11 is 0. The molecule has 28 heavy (non-hydrogen) atoms. The van der Waals surface area contributed by atoms with Gasteiger partial charge in [0.1, 0.15) is 5.54 Å². The fourth-order valence-corrected chi connectivity index (χ4v) is 3.08. The number of aryl methyl sites for hydroxylation is 1. The van der Waals surface area contributed by atoms with Gasteiger partial charge in [0.15, 0.2) is 0 Å². The van der Waals surface area contributed by atoms with Crippen LogP contribution in [0.25, 0.3) is 0 Å². The highest BCUT2D eigenvalue weighted by Gasteiger charge is 2.48. The van der Waals surface area contributed by atoms with Gasteiger partial charge < -0.3 is 10.1 Å². The first-order chi connectivity index (χ1) is 13.4. The lowest BCUT2D eigenvalue weighted by Gasteiger charge is -2.21. The van der Waals surface area contributed by atoms with Crippen LogP contribution in [0.15, 0.2) is 54.6 Å². The van der Waals surface area contributed by atoms with E-state index in [0.717, 1.165) is 16.1 Å². The third kappa shape index (κ3) is 4.20. The van der Waals surface area contributed by atoms with Crippen LogP contribution in [0.4, 0.5) is 4.79 Å². The molecule has 4 amide bonds. The molecule has 7 heteroatoms. The summed E-state index contributed by atoms with van der Waals surface area (Å²) in [6.07, 6.45) is 1.06. The smallest absolute Gasteiger partial charge is 0.344 e. The van der Waals surface area contributed by atoms with Crippen LogP contribution in [-0.4, -0.2) is 35.5 Å². The largest absolute Gasteiger partial charge is 0.380 e. The number of methoxy groups -OCH3 is 1. The fraction of sp³-hybridized carbons (Fsp3) is 0.286. The van der Waals surface area contributed by atoms with Crippen molar-refractivity contribution < 1.29 is 19.1 Å². The van der Waals surface area contributed by atoms with E-state index in [1.165, 1.54) is 0 Å². The van der Waals surface area contributed by atoms with E-state index in [4.69, 9.17) is 4.74 Å². The lowest BCUT2D eigenvalue weighted by Crippen LogP contribution is -2.48. The monoisotopic (exact) mass is 381 g/mol. The second-order valence-corrected chi connectivity index (χ2v) is 6.96. The van der Waals surface area contributed by atoms with Crippen LogP contribution >= 0.6 is 0 Å². The molecule has 0 saturated carbocycles. The molecular formula is C21H23N3O4. The molecule has 0 radical (unpaired) electrons. The zero-order valence-electron chi connectivity index (χ0n) is 15.9. The van der Waals surface area contributed by atoms with Crippen LogP contribution in [0.3, 0.4) is 0 Å². The van der Waals surface area contributed by atoms with Gasteiger partial charge in [-0.05, 0) is 43.0 Å². The molecule has 0 aromatic heterocycles. The Morgan fingerprint density at radius 3 is 2.39 bits per heavy atom. The first-order valence-electron chi connectivity index (χ1n) is 9.02. The van der Waals surface area contributed by atoms with Crippen molar-refractivity contribution in [3.8, 4) is 0 Å². The molecule has 0 aliphatic carbocycles. The SMILES string of the molecule is COCc1ccc(C(=O)NN2C(=O)N[C@@](C)(CCc3ccccc3)C2=O)cc1. The minimum atomic E-state index is -1.07. The highest BCUT2D eigenvalue weighted by Crippen LogP contribution is 2.22. The summed E-state index contributed by atoms with van der Waals surface area (Å²) in [5.41, 5.74) is 3.67. The van der Waals surface area contributed by atoms with E-state index in [9.17, 15) is 14.4 Å². The van der Waals surface area contributed by atoms with Gasteiger partial charge in [0.05, 0.1) is 6.61 Å². The molecule has 1 aliphatic heterocycles. The van der Waals surface area contributed by atoms with Gasteiger partial charge in [0.2, 0.25) is 0 Å². The van der Waals surface area contributed by atoms with Crippen molar-refractivity contribution >= 4 is 17.8 Å². The van der Waals surface area contributed by atoms with Crippen molar-refractivity contribution in [3.63, 3.8) is 0 Å². The number of hydrogen-bond acceptors (Lipinski definition) is 4. The predicted molar refractivity (Wildman–Crippen MR) is 103 cm³/mol. The molecular weight excluding hydrogens is 358 g/mol. The van der Waals surface area contributed by atoms with Crippen molar-refractivity contribution in [2.45, 2.75) is 31.9 Å². The fourth-order valence-electron chi connectivity index (χ4n) is 3.08. The lowest BCUT2D eigenvalue weighted by atomic mass is 9.93. The van der Waals surface area contributed by atoms with Crippen molar-refractivity contribution in [1.29, 1.82) is 0 Å². The number of hydrogen-bond donors (Lipinski definition) is 2. The molecule has 1 atom stereocenters. The normalized spacial score (nSPS) is 18.9. The maximum Gasteiger partial charge on any atom is 0.344 e. The molecule has 0 unspecified atom stereocenters. The Morgan fingerprint density at radius 1 is 1.07 bits per heavy atom. The number of carbonyl (C=O) groups excluding carboxylic acids is 3. The van der Waals surface area contributed by atoms with Crippen LogP contribution in [0.2, 0.25) is 0 Å². The molecule has 2 N–H and O–H groups in total. The first-order valence-corrected chi connectivity index (χ1v) is 9.02. The Balaban J connectivity index is 1.64. The van der Waals surface area contributed by atoms with Crippen molar-refractivity contribution in [1.82, 2.24) is 15.8 Å². The summed E-state index contributed by atoms with van der Waals surface area (Å²) in [6.45, 7) is 2.11. The summed E-state index contributed by atoms with van der Waals surface area (Å²) in [6, 6.07) is 15.8. The number of nitrogens with zero attached hydrogens (tertiary/aromatic N) is 1. The highest BCUT2D eigenvalue weighted by molar-refractivity contribution is 6.09. The quantitative estimate of drug-likeness (QED) is 0.721. The molecule has 1 heterocycles. The minimum Gasteiger partial charge on any atom is -0.380 e. The van der Waals surface area contributed by atoms with Gasteiger partial charge in [-0.15, -0.1) is 0 Å². The third-order valence-electron chi connectivity index (χ3n) is 4.76. The number of ether oxygens (including phenoxy) is 1. The van der Waals surface area contributed by atoms with Gasteiger partial charge in [-0.1, -0.05) is 42.5 Å². The van der Waals surface area contributed by atoms with Gasteiger partial charge in [0.25, 0.3) is 11.8 Å². The number of urea groups is 1. The number of nitrogens with one attached hydrogen (secondary N) is 2. The summed E-state index contributed by atoms with van der Waals surface area (Å²) in [5.74, 6) is -1.00. The Labute approximate surface area is 163 Å². The van der Waals surface area contributed by atoms with Crippen LogP contribution in [-0.2, 0) is 22.6 Å². The van der Waals surface area contributed by atoms with E-state index in [1.54, 1.807) is 38.3 Å². The van der Waals surface area contributed by atoms with E-state index in [0.29, 0.717) is 25.0 Å². The number of hydrazine groups is 1. The van der Waals surface area contributed by atoms with E-state index in [1.807, 2.05) is 30.3 Å². The summed E-state index contributed by atoms with van der Waals surface area (Å²) in [4.78, 5) is 37.5. The number of benzene rings is 2. The van der Waals surface area contributed by atoms with Crippen molar-refractivity contribution in [2.75, 3.05) is 7.11 Å². The first kappa shape index (κ1) is 19.6. The number of amides is 4. The summed E-state index contributed by atoms with van der Waals surface area (Å²) < 4.78 is 5.04. The van der Waals surface area contributed by atoms with Crippen LogP contribution in [0, 0.1) is 0 Å². The second-order valence-electron chi connectivity index (χ2n) is 6.96. The van der Waals surface area contributed by atoms with Crippen molar-refractivity contribution in [2.24, 2.45) is 0 Å². The van der Waals surface area contributed by atoms with Crippen LogP contribution in [0.5, 0.6) is 0 Å². The lowest BCUT2D eigenvalue weighted by molar-refractivity contribution is -0.132. The molecule has 7 nitrogen and oxygen atoms in total. The third-order valence-corrected chi connectivity index (χ3v) is 4.76. The van der Waals surface area contributed by atoms with Crippen LogP contribution < -0.4 is 10.7 Å². The average molecular weight is 381 g/mol. The maximum atomic E-state index is 12.8. The van der Waals surface area contributed by atoms with E-state index >= 15 is 0 Å². The zero-order valence-corrected chi connectivity index (χ0v) is 15.9. The minimum absolute atomic E-state index is 0.346. The molecule has 2 aromatic rings. The Kier molecular flexibility index (Phi) is 5.75. The Bertz CT molecular complexity index is 867. The molecule has 1 saturated heterocycles. The van der Waals surface area contributed by atoms with E-state index in [-0.39, 0.29) is 0 Å². The predicted octanol–water partition coefficient (Wildman–Crippen LogP) is 2.42. The van der Waals surface area contributed by atoms with Gasteiger partial charge in [-0.2, -0.15) is 5.01 Å². The van der Waals surface area contributed by atoms with E-state index in [2.05, 4.69) is 10.7 Å². The summed E-state index contributed by atoms with van der Waals surface area (Å²) in [5, 5.41) is 3.45. The second kappa shape index (κ2) is 8.22. The standard InChI is InChI=1S/C21H23N3O4/c1-21(13-12-15-6-4-3-5-7-15)19(26)24(20(27)22-21)23-18(25)17-10-8-16(9-11-17)14-28-2/h3-11H,12-14H2,1-2H3,(H,22,27)(H,23,25)/t21-/m0/s1. The molecule has 1 aliphatic rings. The topological polar surface area (TPSA) is 87.7 Å². The zero-order chi connectivity index (χ0) is 20.1. The molecule has 0 spiro atoms. The number of rotatable bonds is 7. The molecule has 3 rings (SSSR count). The van der Waals surface area contributed by atoms with Crippen LogP contribution in [0.1, 0.15) is 34.8 Å². The Morgan fingerprint density at radius 2 is 1.75 bits per heavy atom. The average Bonchev–Trinajstić information content (AvgIpc) is 2.91. The maximum absolute atomic E-state index is 12.8. The van der Waals surface area contributed by atoms with Gasteiger partial charge in [-0.3, -0.25) is 15.0 Å². The van der Waals surface area contributed by atoms with E-state index < -0.39 is 23.4 Å². The molecule has 1 fully saturated rings. The summed E-state index contributed by atoms with van der Waals surface area (Å²) in [7, 11) is 1.59. The number of imide groups is 1. The molecule has 0 bridgehead atoms. The molecule has 146 valence electrons. The van der Waals surface area contributed by atoms with Gasteiger partial charge >= 0.3 is 6.03 Å². The Hall–Kier alpha value is -3.19. The number of carbonyl (C=O) groups is 3. The highest BCUT2D eigenvalue weighted by atomic mass is 16.5. The molecule has 2 aromatic carbocycles. The van der Waals surface area contributed by atoms with Crippen molar-refractivity contribution in [3.05, 3.63) is 71.3 Å².